The van der Waals surface area contributed by atoms with E-state index >= 15 is 0 Å². The molecule has 0 aliphatic heterocycles. The average Bonchev–Trinajstić information content (AvgIpc) is 1.75. The Kier molecular flexibility index (Phi) is 3.60. The second-order valence-corrected chi connectivity index (χ2v) is 2.47. The fourth-order valence-corrected chi connectivity index (χ4v) is 0.542. The molecular formula is C4HClF8O. The first-order chi connectivity index (χ1) is 5.84. The molecule has 10 heteroatoms. The zero-order chi connectivity index (χ0) is 11.8. The van der Waals surface area contributed by atoms with E-state index in [9.17, 15) is 35.1 Å². The smallest absolute Gasteiger partial charge is 0.284 e. The molecule has 0 aromatic rings. The Bertz CT molecular complexity index is 175. The van der Waals surface area contributed by atoms with Crippen molar-refractivity contribution in [2.45, 2.75) is 24.0 Å². The van der Waals surface area contributed by atoms with Crippen molar-refractivity contribution >= 4 is 11.6 Å². The van der Waals surface area contributed by atoms with Gasteiger partial charge in [0, 0.05) is 0 Å². The van der Waals surface area contributed by atoms with E-state index in [0.717, 1.165) is 0 Å². The van der Waals surface area contributed by atoms with Gasteiger partial charge in [-0.1, -0.05) is 0 Å². The minimum atomic E-state index is -6.00. The lowest BCUT2D eigenvalue weighted by molar-refractivity contribution is -0.366. The van der Waals surface area contributed by atoms with Crippen LogP contribution >= 0.6 is 11.6 Å². The van der Waals surface area contributed by atoms with Gasteiger partial charge in [-0.3, -0.25) is 4.74 Å². The van der Waals surface area contributed by atoms with Crippen molar-refractivity contribution in [1.82, 2.24) is 0 Å². The normalized spacial score (nSPS) is 15.0. The highest BCUT2D eigenvalue weighted by atomic mass is 35.5. The lowest BCUT2D eigenvalue weighted by atomic mass is 10.3. The first-order valence-corrected chi connectivity index (χ1v) is 3.10. The topological polar surface area (TPSA) is 9.23 Å². The van der Waals surface area contributed by atoms with E-state index in [4.69, 9.17) is 0 Å². The summed E-state index contributed by atoms with van der Waals surface area (Å²) < 4.78 is 94.6. The molecule has 0 N–H and O–H groups in total. The molecule has 0 heterocycles. The van der Waals surface area contributed by atoms with Crippen LogP contribution in [0.4, 0.5) is 35.1 Å². The molecule has 0 fully saturated rings. The quantitative estimate of drug-likeness (QED) is 0.541. The average molecular weight is 252 g/mol. The maximum atomic E-state index is 11.6. The molecular weight excluding hydrogens is 251 g/mol. The number of halogens is 9. The van der Waals surface area contributed by atoms with E-state index in [2.05, 4.69) is 16.3 Å². The van der Waals surface area contributed by atoms with Crippen LogP contribution in [-0.2, 0) is 4.74 Å². The summed E-state index contributed by atoms with van der Waals surface area (Å²) in [6, 6.07) is 0. The predicted molar refractivity (Wildman–Crippen MR) is 27.8 cm³/mol. The van der Waals surface area contributed by atoms with Crippen molar-refractivity contribution in [3.05, 3.63) is 0 Å². The van der Waals surface area contributed by atoms with Crippen molar-refractivity contribution in [3.8, 4) is 0 Å². The zero-order valence-corrected chi connectivity index (χ0v) is 6.64. The summed E-state index contributed by atoms with van der Waals surface area (Å²) in [6.07, 6.45) is -16.6. The van der Waals surface area contributed by atoms with E-state index in [1.54, 1.807) is 0 Å². The van der Waals surface area contributed by atoms with Crippen LogP contribution in [0.2, 0.25) is 0 Å². The molecule has 0 aromatic heterocycles. The van der Waals surface area contributed by atoms with Crippen molar-refractivity contribution in [2.24, 2.45) is 0 Å². The van der Waals surface area contributed by atoms with Crippen LogP contribution in [0.3, 0.4) is 0 Å². The van der Waals surface area contributed by atoms with Crippen molar-refractivity contribution < 1.29 is 39.9 Å². The Morgan fingerprint density at radius 1 is 0.786 bits per heavy atom. The van der Waals surface area contributed by atoms with Gasteiger partial charge < -0.3 is 0 Å². The minimum Gasteiger partial charge on any atom is -0.284 e. The zero-order valence-electron chi connectivity index (χ0n) is 5.89. The number of hydrogen-bond donors (Lipinski definition) is 0. The summed E-state index contributed by atoms with van der Waals surface area (Å²) in [4.78, 5) is 0. The third-order valence-electron chi connectivity index (χ3n) is 0.846. The Morgan fingerprint density at radius 3 is 1.14 bits per heavy atom. The number of ether oxygens (including phenoxy) is 1. The highest BCUT2D eigenvalue weighted by Crippen LogP contribution is 2.39. The van der Waals surface area contributed by atoms with Crippen LogP contribution < -0.4 is 0 Å². The lowest BCUT2D eigenvalue weighted by Gasteiger charge is -2.24. The van der Waals surface area contributed by atoms with Crippen LogP contribution in [-0.4, -0.2) is 24.0 Å². The molecule has 1 nitrogen and oxygen atoms in total. The highest BCUT2D eigenvalue weighted by molar-refractivity contribution is 6.20. The summed E-state index contributed by atoms with van der Waals surface area (Å²) in [7, 11) is 0. The first-order valence-electron chi connectivity index (χ1n) is 2.72. The van der Waals surface area contributed by atoms with Crippen molar-refractivity contribution in [3.63, 3.8) is 0 Å². The molecule has 86 valence electrons. The van der Waals surface area contributed by atoms with Crippen LogP contribution in [0.25, 0.3) is 0 Å². The van der Waals surface area contributed by atoms with Crippen LogP contribution in [0.5, 0.6) is 0 Å². The Labute approximate surface area is 76.6 Å². The Morgan fingerprint density at radius 2 is 1.07 bits per heavy atom. The van der Waals surface area contributed by atoms with Gasteiger partial charge in [0.25, 0.3) is 6.10 Å². The molecule has 0 spiro atoms. The SMILES string of the molecule is FC(F)(Cl)OC(C(F)(F)F)C(F)(F)F. The Hall–Kier alpha value is -0.310. The van der Waals surface area contributed by atoms with Crippen molar-refractivity contribution in [1.29, 1.82) is 0 Å². The predicted octanol–water partition coefficient (Wildman–Crippen LogP) is 3.29. The summed E-state index contributed by atoms with van der Waals surface area (Å²) in [6.45, 7) is 0. The second-order valence-electron chi connectivity index (χ2n) is 2.03. The number of alkyl halides is 9. The molecule has 0 atom stereocenters. The summed E-state index contributed by atoms with van der Waals surface area (Å²) in [5, 5.41) is 0. The van der Waals surface area contributed by atoms with Gasteiger partial charge in [0.05, 0.1) is 0 Å². The van der Waals surface area contributed by atoms with Gasteiger partial charge >= 0.3 is 17.9 Å². The summed E-state index contributed by atoms with van der Waals surface area (Å²) in [5.41, 5.74) is -5.03. The molecule has 0 bridgehead atoms. The molecule has 0 saturated carbocycles. The van der Waals surface area contributed by atoms with E-state index in [-0.39, 0.29) is 0 Å². The lowest BCUT2D eigenvalue weighted by Crippen LogP contribution is -2.47. The first kappa shape index (κ1) is 13.7. The van der Waals surface area contributed by atoms with Gasteiger partial charge in [-0.15, -0.1) is 0 Å². The molecule has 0 saturated heterocycles. The maximum Gasteiger partial charge on any atom is 0.441 e. The van der Waals surface area contributed by atoms with Gasteiger partial charge in [0.2, 0.25) is 0 Å². The van der Waals surface area contributed by atoms with Gasteiger partial charge in [-0.25, -0.2) is 0 Å². The van der Waals surface area contributed by atoms with E-state index < -0.39 is 24.0 Å². The summed E-state index contributed by atoms with van der Waals surface area (Å²) >= 11 is 3.78. The van der Waals surface area contributed by atoms with Gasteiger partial charge in [0.1, 0.15) is 0 Å². The fraction of sp³-hybridized carbons (Fsp3) is 1.00. The number of rotatable bonds is 2. The number of hydrogen-bond acceptors (Lipinski definition) is 1. The monoisotopic (exact) mass is 252 g/mol. The van der Waals surface area contributed by atoms with E-state index in [1.807, 2.05) is 0 Å². The Balaban J connectivity index is 4.78. The third kappa shape index (κ3) is 4.80. The molecule has 0 rings (SSSR count). The standard InChI is InChI=1S/C4HClF8O/c5-4(12,13)14-1(2(6,7)8)3(9,10)11/h1H. The van der Waals surface area contributed by atoms with Crippen LogP contribution in [0.1, 0.15) is 0 Å². The van der Waals surface area contributed by atoms with Crippen LogP contribution in [0, 0.1) is 0 Å². The molecule has 14 heavy (non-hydrogen) atoms. The van der Waals surface area contributed by atoms with E-state index in [1.165, 1.54) is 0 Å². The van der Waals surface area contributed by atoms with Gasteiger partial charge in [0.15, 0.2) is 0 Å². The highest BCUT2D eigenvalue weighted by Gasteiger charge is 2.61. The molecule has 0 aliphatic carbocycles. The molecule has 0 amide bonds. The second kappa shape index (κ2) is 3.69. The maximum absolute atomic E-state index is 11.6. The largest absolute Gasteiger partial charge is 0.441 e. The molecule has 0 radical (unpaired) electrons. The van der Waals surface area contributed by atoms with E-state index in [0.29, 0.717) is 0 Å². The molecule has 0 unspecified atom stereocenters. The fourth-order valence-electron chi connectivity index (χ4n) is 0.453. The van der Waals surface area contributed by atoms with Crippen molar-refractivity contribution in [2.75, 3.05) is 0 Å². The van der Waals surface area contributed by atoms with Crippen LogP contribution in [0.15, 0.2) is 0 Å². The molecule has 0 aliphatic rings. The summed E-state index contributed by atoms with van der Waals surface area (Å²) in [5.74, 6) is 0. The minimum absolute atomic E-state index is 2.35. The third-order valence-corrected chi connectivity index (χ3v) is 0.935. The molecule has 0 aromatic carbocycles. The van der Waals surface area contributed by atoms with Gasteiger partial charge in [-0.05, 0) is 11.6 Å². The van der Waals surface area contributed by atoms with Gasteiger partial charge in [-0.2, -0.15) is 35.1 Å².